The molecule has 1 aromatic carbocycles. The second-order valence-electron chi connectivity index (χ2n) is 3.36. The monoisotopic (exact) mass is 212 g/mol. The lowest BCUT2D eigenvalue weighted by Crippen LogP contribution is -2.09. The van der Waals surface area contributed by atoms with Gasteiger partial charge in [0.2, 0.25) is 0 Å². The summed E-state index contributed by atoms with van der Waals surface area (Å²) in [6.45, 7) is 5.94. The first-order valence-electron chi connectivity index (χ1n) is 4.79. The average Bonchev–Trinajstić information content (AvgIpc) is 2.18. The molecule has 0 amide bonds. The molecule has 2 atom stereocenters. The fourth-order valence-corrected chi connectivity index (χ4v) is 1.83. The molecule has 0 saturated heterocycles. The second-order valence-corrected chi connectivity index (χ2v) is 4.50. The normalized spacial score (nSPS) is 15.1. The molecule has 1 unspecified atom stereocenters. The Balaban J connectivity index is 2.65. The largest absolute Gasteiger partial charge is 0.284 e. The zero-order valence-corrected chi connectivity index (χ0v) is 9.64. The zero-order chi connectivity index (χ0) is 10.6. The molecule has 0 fully saturated rings. The van der Waals surface area contributed by atoms with E-state index in [1.54, 1.807) is 0 Å². The van der Waals surface area contributed by atoms with Crippen molar-refractivity contribution < 1.29 is 8.39 Å². The van der Waals surface area contributed by atoms with Crippen molar-refractivity contribution in [3.05, 3.63) is 29.8 Å². The van der Waals surface area contributed by atoms with Crippen LogP contribution >= 0.6 is 0 Å². The Morgan fingerprint density at radius 1 is 1.36 bits per heavy atom. The quantitative estimate of drug-likeness (QED) is 0.767. The minimum Gasteiger partial charge on any atom is -0.284 e. The maximum absolute atomic E-state index is 11.6. The summed E-state index contributed by atoms with van der Waals surface area (Å²) in [7, 11) is 0. The Bertz CT molecular complexity index is 306. The van der Waals surface area contributed by atoms with E-state index in [4.69, 9.17) is 4.18 Å². The number of aryl methyl sites for hydroxylation is 1. The Labute approximate surface area is 88.0 Å². The molecule has 0 aromatic heterocycles. The topological polar surface area (TPSA) is 26.3 Å². The highest BCUT2D eigenvalue weighted by atomic mass is 32.2. The van der Waals surface area contributed by atoms with E-state index in [0.717, 1.165) is 16.9 Å². The third-order valence-electron chi connectivity index (χ3n) is 2.04. The molecule has 0 saturated carbocycles. The molecular formula is C11H16O2S. The summed E-state index contributed by atoms with van der Waals surface area (Å²) < 4.78 is 16.9. The predicted octanol–water partition coefficient (Wildman–Crippen LogP) is 2.83. The van der Waals surface area contributed by atoms with Crippen molar-refractivity contribution in [3.63, 3.8) is 0 Å². The Morgan fingerprint density at radius 3 is 2.43 bits per heavy atom. The van der Waals surface area contributed by atoms with Crippen LogP contribution in [0.4, 0.5) is 0 Å². The van der Waals surface area contributed by atoms with Crippen LogP contribution in [0, 0.1) is 6.92 Å². The molecule has 1 aromatic rings. The first-order chi connectivity index (χ1) is 6.63. The van der Waals surface area contributed by atoms with Gasteiger partial charge >= 0.3 is 0 Å². The number of benzene rings is 1. The van der Waals surface area contributed by atoms with Crippen molar-refractivity contribution in [2.45, 2.75) is 38.2 Å². The smallest absolute Gasteiger partial charge is 0.189 e. The van der Waals surface area contributed by atoms with Crippen molar-refractivity contribution in [1.82, 2.24) is 0 Å². The van der Waals surface area contributed by atoms with Crippen LogP contribution in [0.25, 0.3) is 0 Å². The van der Waals surface area contributed by atoms with Crippen LogP contribution in [0.1, 0.15) is 25.8 Å². The van der Waals surface area contributed by atoms with E-state index in [1.807, 2.05) is 45.0 Å². The first-order valence-corrected chi connectivity index (χ1v) is 5.86. The fraction of sp³-hybridized carbons (Fsp3) is 0.455. The van der Waals surface area contributed by atoms with Crippen molar-refractivity contribution in [2.75, 3.05) is 0 Å². The molecule has 0 aliphatic carbocycles. The van der Waals surface area contributed by atoms with Gasteiger partial charge < -0.3 is 0 Å². The lowest BCUT2D eigenvalue weighted by Gasteiger charge is -2.08. The number of hydrogen-bond donors (Lipinski definition) is 0. The van der Waals surface area contributed by atoms with Crippen LogP contribution in [0.5, 0.6) is 0 Å². The van der Waals surface area contributed by atoms with Gasteiger partial charge in [0.1, 0.15) is 0 Å². The van der Waals surface area contributed by atoms with Gasteiger partial charge in [-0.25, -0.2) is 4.21 Å². The molecular weight excluding hydrogens is 196 g/mol. The molecule has 0 aliphatic heterocycles. The third-order valence-corrected chi connectivity index (χ3v) is 3.20. The highest BCUT2D eigenvalue weighted by Crippen LogP contribution is 2.11. The van der Waals surface area contributed by atoms with E-state index >= 15 is 0 Å². The summed E-state index contributed by atoms with van der Waals surface area (Å²) in [6, 6.07) is 7.56. The van der Waals surface area contributed by atoms with E-state index in [1.165, 1.54) is 0 Å². The molecule has 1 rings (SSSR count). The molecule has 0 N–H and O–H groups in total. The van der Waals surface area contributed by atoms with E-state index in [0.29, 0.717) is 0 Å². The Kier molecular flexibility index (Phi) is 4.29. The summed E-state index contributed by atoms with van der Waals surface area (Å²) in [5, 5.41) is 0. The van der Waals surface area contributed by atoms with Crippen molar-refractivity contribution >= 4 is 11.1 Å². The summed E-state index contributed by atoms with van der Waals surface area (Å²) in [4.78, 5) is 0.732. The third kappa shape index (κ3) is 3.24. The van der Waals surface area contributed by atoms with E-state index < -0.39 is 11.1 Å². The standard InChI is InChI=1S/C11H16O2S/c1-4-10(3)13-14(12)11-7-5-9(2)6-8-11/h5-8,10H,4H2,1-3H3/t10-,14?/m1/s1. The van der Waals surface area contributed by atoms with Gasteiger partial charge in [-0.15, -0.1) is 0 Å². The summed E-state index contributed by atoms with van der Waals surface area (Å²) >= 11 is -1.32. The minimum absolute atomic E-state index is 0.0390. The van der Waals surface area contributed by atoms with Crippen LogP contribution in [-0.4, -0.2) is 10.3 Å². The summed E-state index contributed by atoms with van der Waals surface area (Å²) in [5.74, 6) is 0. The van der Waals surface area contributed by atoms with Gasteiger partial charge in [0.25, 0.3) is 0 Å². The summed E-state index contributed by atoms with van der Waals surface area (Å²) in [6.07, 6.45) is 0.912. The van der Waals surface area contributed by atoms with Crippen LogP contribution in [0.2, 0.25) is 0 Å². The van der Waals surface area contributed by atoms with Gasteiger partial charge in [-0.3, -0.25) is 4.18 Å². The number of hydrogen-bond acceptors (Lipinski definition) is 2. The van der Waals surface area contributed by atoms with Crippen molar-refractivity contribution in [2.24, 2.45) is 0 Å². The zero-order valence-electron chi connectivity index (χ0n) is 8.82. The second kappa shape index (κ2) is 5.27. The van der Waals surface area contributed by atoms with Crippen LogP contribution < -0.4 is 0 Å². The summed E-state index contributed by atoms with van der Waals surface area (Å²) in [5.41, 5.74) is 1.16. The fourth-order valence-electron chi connectivity index (χ4n) is 0.922. The molecule has 14 heavy (non-hydrogen) atoms. The van der Waals surface area contributed by atoms with Crippen LogP contribution in [0.3, 0.4) is 0 Å². The molecule has 0 spiro atoms. The van der Waals surface area contributed by atoms with Gasteiger partial charge in [-0.05, 0) is 32.4 Å². The van der Waals surface area contributed by atoms with Gasteiger partial charge in [-0.1, -0.05) is 24.6 Å². The predicted molar refractivity (Wildman–Crippen MR) is 58.4 cm³/mol. The van der Waals surface area contributed by atoms with Gasteiger partial charge in [0, 0.05) is 0 Å². The highest BCUT2D eigenvalue weighted by molar-refractivity contribution is 7.80. The Morgan fingerprint density at radius 2 is 1.93 bits per heavy atom. The molecule has 2 nitrogen and oxygen atoms in total. The lowest BCUT2D eigenvalue weighted by molar-refractivity contribution is 0.242. The SMILES string of the molecule is CC[C@@H](C)OS(=O)c1ccc(C)cc1. The first kappa shape index (κ1) is 11.4. The number of rotatable bonds is 4. The highest BCUT2D eigenvalue weighted by Gasteiger charge is 2.07. The van der Waals surface area contributed by atoms with Crippen molar-refractivity contribution in [1.29, 1.82) is 0 Å². The van der Waals surface area contributed by atoms with E-state index in [9.17, 15) is 4.21 Å². The van der Waals surface area contributed by atoms with Gasteiger partial charge in [0.15, 0.2) is 11.1 Å². The van der Waals surface area contributed by atoms with E-state index in [2.05, 4.69) is 0 Å². The van der Waals surface area contributed by atoms with Crippen LogP contribution in [0.15, 0.2) is 29.2 Å². The van der Waals surface area contributed by atoms with Crippen molar-refractivity contribution in [3.8, 4) is 0 Å². The molecule has 0 bridgehead atoms. The van der Waals surface area contributed by atoms with Gasteiger partial charge in [0.05, 0.1) is 11.0 Å². The molecule has 0 heterocycles. The van der Waals surface area contributed by atoms with Crippen LogP contribution in [-0.2, 0) is 15.3 Å². The lowest BCUT2D eigenvalue weighted by atomic mass is 10.2. The Hall–Kier alpha value is -0.670. The minimum atomic E-state index is -1.32. The maximum Gasteiger partial charge on any atom is 0.189 e. The molecule has 0 aliphatic rings. The molecule has 0 radical (unpaired) electrons. The molecule has 78 valence electrons. The van der Waals surface area contributed by atoms with Gasteiger partial charge in [-0.2, -0.15) is 0 Å². The molecule has 3 heteroatoms. The van der Waals surface area contributed by atoms with E-state index in [-0.39, 0.29) is 6.10 Å². The maximum atomic E-state index is 11.6. The average molecular weight is 212 g/mol.